The molecule has 1 saturated carbocycles. The van der Waals surface area contributed by atoms with E-state index in [9.17, 15) is 0 Å². The summed E-state index contributed by atoms with van der Waals surface area (Å²) in [5, 5.41) is 0. The fourth-order valence-corrected chi connectivity index (χ4v) is 3.93. The molecular formula is C18H30N2. The molecule has 0 radical (unpaired) electrons. The molecule has 2 rings (SSSR count). The van der Waals surface area contributed by atoms with Crippen molar-refractivity contribution in [3.8, 4) is 0 Å². The van der Waals surface area contributed by atoms with Gasteiger partial charge >= 0.3 is 0 Å². The molecule has 0 amide bonds. The normalized spacial score (nSPS) is 26.9. The minimum atomic E-state index is 0.206. The van der Waals surface area contributed by atoms with Crippen LogP contribution >= 0.6 is 0 Å². The van der Waals surface area contributed by atoms with Crippen molar-refractivity contribution in [3.63, 3.8) is 0 Å². The number of likely N-dealkylation sites (N-methyl/N-ethyl adjacent to an activating group) is 1. The molecule has 1 aliphatic carbocycles. The number of nitrogens with zero attached hydrogens (tertiary/aromatic N) is 1. The Hall–Kier alpha value is -0.860. The second kappa shape index (κ2) is 6.73. The number of rotatable bonds is 5. The van der Waals surface area contributed by atoms with Crippen molar-refractivity contribution in [3.05, 3.63) is 35.4 Å². The highest BCUT2D eigenvalue weighted by molar-refractivity contribution is 5.21. The summed E-state index contributed by atoms with van der Waals surface area (Å²) < 4.78 is 0. The van der Waals surface area contributed by atoms with Crippen LogP contribution in [0.3, 0.4) is 0 Å². The smallest absolute Gasteiger partial charge is 0.0360 e. The zero-order valence-electron chi connectivity index (χ0n) is 13.4. The van der Waals surface area contributed by atoms with Crippen LogP contribution < -0.4 is 5.73 Å². The van der Waals surface area contributed by atoms with Gasteiger partial charge in [0.15, 0.2) is 0 Å². The van der Waals surface area contributed by atoms with E-state index in [-0.39, 0.29) is 5.54 Å². The first-order valence-electron chi connectivity index (χ1n) is 8.09. The largest absolute Gasteiger partial charge is 0.329 e. The average Bonchev–Trinajstić information content (AvgIpc) is 2.49. The maximum absolute atomic E-state index is 6.24. The molecule has 1 aromatic carbocycles. The monoisotopic (exact) mass is 274 g/mol. The Labute approximate surface area is 124 Å². The topological polar surface area (TPSA) is 29.3 Å². The van der Waals surface area contributed by atoms with E-state index in [0.717, 1.165) is 19.0 Å². The maximum atomic E-state index is 6.24. The standard InChI is InChI=1S/C18H30N2/c1-4-17-7-5-6-12-18(17,14-19)20(3)13-16-10-8-15(2)9-11-16/h8-11,17H,4-7,12-14,19H2,1-3H3. The first-order chi connectivity index (χ1) is 9.62. The molecule has 20 heavy (non-hydrogen) atoms. The SMILES string of the molecule is CCC1CCCCC1(CN)N(C)Cc1ccc(C)cc1. The van der Waals surface area contributed by atoms with Crippen molar-refractivity contribution in [1.82, 2.24) is 4.90 Å². The Bertz CT molecular complexity index is 412. The number of aryl methyl sites for hydroxylation is 1. The molecule has 2 heteroatoms. The number of nitrogens with two attached hydrogens (primary N) is 1. The fourth-order valence-electron chi connectivity index (χ4n) is 3.93. The minimum Gasteiger partial charge on any atom is -0.329 e. The van der Waals surface area contributed by atoms with Gasteiger partial charge in [0.1, 0.15) is 0 Å². The summed E-state index contributed by atoms with van der Waals surface area (Å²) in [6.07, 6.45) is 6.54. The van der Waals surface area contributed by atoms with Crippen LogP contribution in [0.5, 0.6) is 0 Å². The van der Waals surface area contributed by atoms with Crippen LogP contribution in [0.4, 0.5) is 0 Å². The highest BCUT2D eigenvalue weighted by Crippen LogP contribution is 2.39. The van der Waals surface area contributed by atoms with Crippen LogP contribution in [-0.4, -0.2) is 24.0 Å². The van der Waals surface area contributed by atoms with Gasteiger partial charge in [-0.05, 0) is 38.3 Å². The molecule has 2 atom stereocenters. The van der Waals surface area contributed by atoms with Crippen molar-refractivity contribution in [2.75, 3.05) is 13.6 Å². The molecule has 1 aliphatic rings. The third kappa shape index (κ3) is 3.07. The van der Waals surface area contributed by atoms with Crippen LogP contribution in [0.2, 0.25) is 0 Å². The van der Waals surface area contributed by atoms with Crippen LogP contribution in [0.1, 0.15) is 50.2 Å². The first-order valence-corrected chi connectivity index (χ1v) is 8.09. The number of hydrogen-bond acceptors (Lipinski definition) is 2. The fraction of sp³-hybridized carbons (Fsp3) is 0.667. The van der Waals surface area contributed by atoms with Gasteiger partial charge in [-0.25, -0.2) is 0 Å². The lowest BCUT2D eigenvalue weighted by atomic mass is 9.70. The molecule has 112 valence electrons. The Balaban J connectivity index is 2.15. The van der Waals surface area contributed by atoms with E-state index in [1.165, 1.54) is 43.2 Å². The van der Waals surface area contributed by atoms with Crippen molar-refractivity contribution < 1.29 is 0 Å². The summed E-state index contributed by atoms with van der Waals surface area (Å²) >= 11 is 0. The van der Waals surface area contributed by atoms with Crippen LogP contribution in [0, 0.1) is 12.8 Å². The highest BCUT2D eigenvalue weighted by Gasteiger charge is 2.41. The predicted octanol–water partition coefficient (Wildman–Crippen LogP) is 3.72. The summed E-state index contributed by atoms with van der Waals surface area (Å²) in [4.78, 5) is 2.53. The maximum Gasteiger partial charge on any atom is 0.0360 e. The Morgan fingerprint density at radius 1 is 1.25 bits per heavy atom. The molecule has 0 aliphatic heterocycles. The van der Waals surface area contributed by atoms with E-state index in [4.69, 9.17) is 5.73 Å². The molecule has 0 saturated heterocycles. The molecule has 0 spiro atoms. The highest BCUT2D eigenvalue weighted by atomic mass is 15.2. The number of benzene rings is 1. The van der Waals surface area contributed by atoms with Crippen LogP contribution in [0.25, 0.3) is 0 Å². The van der Waals surface area contributed by atoms with Crippen LogP contribution in [0.15, 0.2) is 24.3 Å². The van der Waals surface area contributed by atoms with Crippen molar-refractivity contribution >= 4 is 0 Å². The second-order valence-corrected chi connectivity index (χ2v) is 6.50. The summed E-state index contributed by atoms with van der Waals surface area (Å²) in [6, 6.07) is 8.91. The van der Waals surface area contributed by atoms with Crippen molar-refractivity contribution in [2.45, 2.75) is 58.0 Å². The quantitative estimate of drug-likeness (QED) is 0.886. The Morgan fingerprint density at radius 3 is 2.55 bits per heavy atom. The molecule has 2 nitrogen and oxygen atoms in total. The van der Waals surface area contributed by atoms with Gasteiger partial charge < -0.3 is 5.73 Å². The molecule has 1 aromatic rings. The lowest BCUT2D eigenvalue weighted by Gasteiger charge is -2.49. The van der Waals surface area contributed by atoms with Gasteiger partial charge in [-0.2, -0.15) is 0 Å². The molecule has 1 fully saturated rings. The molecule has 2 unspecified atom stereocenters. The third-order valence-corrected chi connectivity index (χ3v) is 5.32. The van der Waals surface area contributed by atoms with Gasteiger partial charge in [-0.1, -0.05) is 56.0 Å². The van der Waals surface area contributed by atoms with E-state index in [1.54, 1.807) is 0 Å². The van der Waals surface area contributed by atoms with Gasteiger partial charge in [0, 0.05) is 18.6 Å². The molecule has 0 aromatic heterocycles. The first kappa shape index (κ1) is 15.5. The van der Waals surface area contributed by atoms with Crippen LogP contribution in [-0.2, 0) is 6.54 Å². The van der Waals surface area contributed by atoms with E-state index < -0.39 is 0 Å². The van der Waals surface area contributed by atoms with Gasteiger partial charge in [0.25, 0.3) is 0 Å². The second-order valence-electron chi connectivity index (χ2n) is 6.50. The summed E-state index contributed by atoms with van der Waals surface area (Å²) in [7, 11) is 2.26. The van der Waals surface area contributed by atoms with E-state index in [1.807, 2.05) is 0 Å². The zero-order chi connectivity index (χ0) is 14.6. The molecule has 2 N–H and O–H groups in total. The van der Waals surface area contributed by atoms with Crippen molar-refractivity contribution in [2.24, 2.45) is 11.7 Å². The minimum absolute atomic E-state index is 0.206. The predicted molar refractivity (Wildman–Crippen MR) is 86.7 cm³/mol. The van der Waals surface area contributed by atoms with Gasteiger partial charge in [-0.15, -0.1) is 0 Å². The van der Waals surface area contributed by atoms with E-state index in [2.05, 4.69) is 50.1 Å². The molecular weight excluding hydrogens is 244 g/mol. The zero-order valence-corrected chi connectivity index (χ0v) is 13.4. The lowest BCUT2D eigenvalue weighted by molar-refractivity contribution is 0.0177. The van der Waals surface area contributed by atoms with Crippen molar-refractivity contribution in [1.29, 1.82) is 0 Å². The van der Waals surface area contributed by atoms with Gasteiger partial charge in [0.2, 0.25) is 0 Å². The lowest BCUT2D eigenvalue weighted by Crippen LogP contribution is -2.58. The molecule has 0 heterocycles. The molecule has 0 bridgehead atoms. The van der Waals surface area contributed by atoms with E-state index >= 15 is 0 Å². The van der Waals surface area contributed by atoms with E-state index in [0.29, 0.717) is 0 Å². The van der Waals surface area contributed by atoms with Gasteiger partial charge in [-0.3, -0.25) is 4.90 Å². The average molecular weight is 274 g/mol. The summed E-state index contributed by atoms with van der Waals surface area (Å²) in [5.41, 5.74) is 9.17. The Kier molecular flexibility index (Phi) is 5.22. The van der Waals surface area contributed by atoms with Gasteiger partial charge in [0.05, 0.1) is 0 Å². The summed E-state index contributed by atoms with van der Waals surface area (Å²) in [5.74, 6) is 0.747. The summed E-state index contributed by atoms with van der Waals surface area (Å²) in [6.45, 7) is 6.26. The third-order valence-electron chi connectivity index (χ3n) is 5.32. The number of hydrogen-bond donors (Lipinski definition) is 1. The Morgan fingerprint density at radius 2 is 1.95 bits per heavy atom.